The molecule has 0 aliphatic rings. The maximum atomic E-state index is 10.8. The number of hydrogen-bond acceptors (Lipinski definition) is 3. The Morgan fingerprint density at radius 2 is 1.82 bits per heavy atom. The van der Waals surface area contributed by atoms with Gasteiger partial charge in [-0.15, -0.1) is 0 Å². The van der Waals surface area contributed by atoms with Crippen LogP contribution < -0.4 is 0 Å². The highest BCUT2D eigenvalue weighted by Gasteiger charge is 2.09. The topological polar surface area (TPSA) is 46.6 Å². The third-order valence-corrected chi connectivity index (χ3v) is 1.18. The predicted octanol–water partition coefficient (Wildman–Crippen LogP) is 0.723. The molecule has 0 N–H and O–H groups in total. The zero-order chi connectivity index (χ0) is 8.85. The first-order valence-electron chi connectivity index (χ1n) is 3.59. The summed E-state index contributed by atoms with van der Waals surface area (Å²) in [5.74, 6) is -0.596. The normalized spacial score (nSPS) is 9.00. The van der Waals surface area contributed by atoms with Crippen LogP contribution in [0.25, 0.3) is 0 Å². The van der Waals surface area contributed by atoms with Crippen LogP contribution in [0.2, 0.25) is 0 Å². The molecule has 0 aromatic heterocycles. The number of amides is 1. The second-order valence-electron chi connectivity index (χ2n) is 2.06. The van der Waals surface area contributed by atoms with Gasteiger partial charge in [0.15, 0.2) is 0 Å². The summed E-state index contributed by atoms with van der Waals surface area (Å²) in [6, 6.07) is 0. The number of carbonyl (C=O) groups excluding carboxylic acids is 2. The van der Waals surface area contributed by atoms with Gasteiger partial charge < -0.3 is 4.84 Å². The van der Waals surface area contributed by atoms with Crippen LogP contribution in [-0.2, 0) is 14.4 Å². The van der Waals surface area contributed by atoms with Gasteiger partial charge in [0.1, 0.15) is 0 Å². The molecule has 0 atom stereocenters. The monoisotopic (exact) mass is 159 g/mol. The van der Waals surface area contributed by atoms with Gasteiger partial charge in [0.2, 0.25) is 0 Å². The molecule has 0 unspecified atom stereocenters. The third kappa shape index (κ3) is 3.60. The molecule has 0 saturated heterocycles. The summed E-state index contributed by atoms with van der Waals surface area (Å²) in [7, 11) is 1.43. The molecule has 1 amide bonds. The molecule has 0 rings (SSSR count). The molecule has 64 valence electrons. The van der Waals surface area contributed by atoms with Crippen LogP contribution >= 0.6 is 0 Å². The fourth-order valence-electron chi connectivity index (χ4n) is 0.491. The maximum Gasteiger partial charge on any atom is 0.332 e. The molecule has 0 spiro atoms. The van der Waals surface area contributed by atoms with Crippen LogP contribution in [0.3, 0.4) is 0 Å². The lowest BCUT2D eigenvalue weighted by molar-refractivity contribution is -0.192. The van der Waals surface area contributed by atoms with E-state index < -0.39 is 5.97 Å². The van der Waals surface area contributed by atoms with Crippen LogP contribution in [-0.4, -0.2) is 24.0 Å². The summed E-state index contributed by atoms with van der Waals surface area (Å²) in [6.07, 6.45) is 0.620. The number of hydroxylamine groups is 2. The Kier molecular flexibility index (Phi) is 4.26. The van der Waals surface area contributed by atoms with E-state index in [4.69, 9.17) is 0 Å². The van der Waals surface area contributed by atoms with Crippen LogP contribution in [0, 0.1) is 0 Å². The highest BCUT2D eigenvalue weighted by molar-refractivity contribution is 5.77. The van der Waals surface area contributed by atoms with Crippen molar-refractivity contribution in [2.75, 3.05) is 7.05 Å². The van der Waals surface area contributed by atoms with Crippen molar-refractivity contribution in [2.24, 2.45) is 0 Å². The molecular weight excluding hydrogens is 146 g/mol. The highest BCUT2D eigenvalue weighted by atomic mass is 16.7. The summed E-state index contributed by atoms with van der Waals surface area (Å²) in [5, 5.41) is 0.964. The second-order valence-corrected chi connectivity index (χ2v) is 2.06. The molecule has 4 heteroatoms. The SMILES string of the molecule is CCC(=O)ON(C)C(=O)CC. The molecule has 0 bridgehead atoms. The van der Waals surface area contributed by atoms with E-state index in [2.05, 4.69) is 4.84 Å². The summed E-state index contributed by atoms with van der Waals surface area (Å²) >= 11 is 0. The summed E-state index contributed by atoms with van der Waals surface area (Å²) < 4.78 is 0. The van der Waals surface area contributed by atoms with Crippen LogP contribution in [0.1, 0.15) is 26.7 Å². The lowest BCUT2D eigenvalue weighted by Crippen LogP contribution is -2.28. The van der Waals surface area contributed by atoms with Crippen molar-refractivity contribution < 1.29 is 14.4 Å². The fourth-order valence-corrected chi connectivity index (χ4v) is 0.491. The molecular formula is C7H13NO3. The van der Waals surface area contributed by atoms with Crippen molar-refractivity contribution in [1.29, 1.82) is 0 Å². The Bertz CT molecular complexity index is 156. The smallest absolute Gasteiger partial charge is 0.332 e. The largest absolute Gasteiger partial charge is 0.338 e. The van der Waals surface area contributed by atoms with Crippen LogP contribution in [0.5, 0.6) is 0 Å². The van der Waals surface area contributed by atoms with Gasteiger partial charge in [-0.3, -0.25) is 4.79 Å². The number of rotatable bonds is 2. The summed E-state index contributed by atoms with van der Waals surface area (Å²) in [4.78, 5) is 26.0. The van der Waals surface area contributed by atoms with Gasteiger partial charge in [0.25, 0.3) is 5.91 Å². The Balaban J connectivity index is 3.77. The average Bonchev–Trinajstić information content (AvgIpc) is 2.02. The van der Waals surface area contributed by atoms with E-state index >= 15 is 0 Å². The average molecular weight is 159 g/mol. The fraction of sp³-hybridized carbons (Fsp3) is 0.714. The number of hydrogen-bond donors (Lipinski definition) is 0. The van der Waals surface area contributed by atoms with E-state index in [0.717, 1.165) is 5.06 Å². The lowest BCUT2D eigenvalue weighted by Gasteiger charge is -2.13. The zero-order valence-corrected chi connectivity index (χ0v) is 7.09. The molecule has 0 saturated carbocycles. The molecule has 0 heterocycles. The van der Waals surface area contributed by atoms with Crippen LogP contribution in [0.4, 0.5) is 0 Å². The molecule has 0 aliphatic carbocycles. The lowest BCUT2D eigenvalue weighted by atomic mass is 10.4. The summed E-state index contributed by atoms with van der Waals surface area (Å²) in [6.45, 7) is 3.38. The summed E-state index contributed by atoms with van der Waals surface area (Å²) in [5.41, 5.74) is 0. The molecule has 0 aromatic rings. The number of nitrogens with zero attached hydrogens (tertiary/aromatic N) is 1. The molecule has 0 radical (unpaired) electrons. The first kappa shape index (κ1) is 9.94. The zero-order valence-electron chi connectivity index (χ0n) is 7.09. The standard InChI is InChI=1S/C7H13NO3/c1-4-6(9)8(3)11-7(10)5-2/h4-5H2,1-3H3. The quantitative estimate of drug-likeness (QED) is 0.558. The molecule has 0 fully saturated rings. The Labute approximate surface area is 66.1 Å². The van der Waals surface area contributed by atoms with Gasteiger partial charge in [-0.1, -0.05) is 13.8 Å². The van der Waals surface area contributed by atoms with E-state index in [1.54, 1.807) is 13.8 Å². The van der Waals surface area contributed by atoms with Gasteiger partial charge in [-0.25, -0.2) is 4.79 Å². The molecule has 4 nitrogen and oxygen atoms in total. The van der Waals surface area contributed by atoms with E-state index in [0.29, 0.717) is 6.42 Å². The third-order valence-electron chi connectivity index (χ3n) is 1.18. The van der Waals surface area contributed by atoms with E-state index in [1.165, 1.54) is 7.05 Å². The van der Waals surface area contributed by atoms with Crippen molar-refractivity contribution in [3.8, 4) is 0 Å². The Hall–Kier alpha value is -1.06. The van der Waals surface area contributed by atoms with Gasteiger partial charge in [0.05, 0.1) is 0 Å². The Morgan fingerprint density at radius 1 is 1.27 bits per heavy atom. The van der Waals surface area contributed by atoms with Gasteiger partial charge in [-0.05, 0) is 0 Å². The predicted molar refractivity (Wildman–Crippen MR) is 39.4 cm³/mol. The minimum atomic E-state index is -0.394. The minimum absolute atomic E-state index is 0.202. The van der Waals surface area contributed by atoms with Gasteiger partial charge >= 0.3 is 5.97 Å². The van der Waals surface area contributed by atoms with Crippen molar-refractivity contribution in [3.63, 3.8) is 0 Å². The number of carbonyl (C=O) groups is 2. The second kappa shape index (κ2) is 4.71. The van der Waals surface area contributed by atoms with Crippen molar-refractivity contribution >= 4 is 11.9 Å². The molecule has 0 aliphatic heterocycles. The first-order chi connectivity index (χ1) is 5.11. The van der Waals surface area contributed by atoms with Gasteiger partial charge in [0, 0.05) is 19.9 Å². The van der Waals surface area contributed by atoms with E-state index in [1.807, 2.05) is 0 Å². The maximum absolute atomic E-state index is 10.8. The van der Waals surface area contributed by atoms with Crippen molar-refractivity contribution in [1.82, 2.24) is 5.06 Å². The Morgan fingerprint density at radius 3 is 2.18 bits per heavy atom. The van der Waals surface area contributed by atoms with Crippen LogP contribution in [0.15, 0.2) is 0 Å². The first-order valence-corrected chi connectivity index (χ1v) is 3.59. The molecule has 11 heavy (non-hydrogen) atoms. The van der Waals surface area contributed by atoms with E-state index in [-0.39, 0.29) is 12.3 Å². The minimum Gasteiger partial charge on any atom is -0.338 e. The molecule has 0 aromatic carbocycles. The van der Waals surface area contributed by atoms with E-state index in [9.17, 15) is 9.59 Å². The van der Waals surface area contributed by atoms with Crippen molar-refractivity contribution in [2.45, 2.75) is 26.7 Å². The highest BCUT2D eigenvalue weighted by Crippen LogP contribution is 1.93. The van der Waals surface area contributed by atoms with Gasteiger partial charge in [-0.2, -0.15) is 5.06 Å². The van der Waals surface area contributed by atoms with Crippen molar-refractivity contribution in [3.05, 3.63) is 0 Å².